The topological polar surface area (TPSA) is 94.5 Å². The third-order valence-corrected chi connectivity index (χ3v) is 4.84. The minimum atomic E-state index is -1.49. The third kappa shape index (κ3) is 8.75. The number of carboxylic acid groups (broad SMARTS) is 1. The molecule has 0 fully saturated rings. The molecule has 0 aliphatic carbocycles. The molecule has 0 atom stereocenters. The maximum atomic E-state index is 11.4. The third-order valence-electron chi connectivity index (χ3n) is 4.84. The SMILES string of the molecule is CCCCCc1c(OC(=O)O)c(O)c(OCCCC)c(OCCCC)c1OCCCC. The number of hydrogen-bond acceptors (Lipinski definition) is 6. The number of phenols is 1. The maximum Gasteiger partial charge on any atom is 0.511 e. The Hall–Kier alpha value is -2.31. The van der Waals surface area contributed by atoms with Crippen LogP contribution in [0.3, 0.4) is 0 Å². The molecule has 0 saturated carbocycles. The van der Waals surface area contributed by atoms with Crippen molar-refractivity contribution in [3.63, 3.8) is 0 Å². The molecule has 0 saturated heterocycles. The van der Waals surface area contributed by atoms with E-state index in [1.54, 1.807) is 0 Å². The fourth-order valence-corrected chi connectivity index (χ4v) is 3.05. The quantitative estimate of drug-likeness (QED) is 0.158. The average molecular weight is 441 g/mol. The van der Waals surface area contributed by atoms with Crippen LogP contribution in [0.4, 0.5) is 4.79 Å². The molecule has 0 aliphatic rings. The number of rotatable bonds is 17. The molecule has 0 unspecified atom stereocenters. The molecule has 7 heteroatoms. The summed E-state index contributed by atoms with van der Waals surface area (Å²) in [6.07, 6.45) is 7.06. The van der Waals surface area contributed by atoms with Crippen LogP contribution in [-0.2, 0) is 6.42 Å². The molecule has 0 aliphatic heterocycles. The number of ether oxygens (including phenoxy) is 4. The Morgan fingerprint density at radius 3 is 1.65 bits per heavy atom. The summed E-state index contributed by atoms with van der Waals surface area (Å²) >= 11 is 0. The van der Waals surface area contributed by atoms with Gasteiger partial charge in [-0.3, -0.25) is 0 Å². The average Bonchev–Trinajstić information content (AvgIpc) is 2.74. The standard InChI is InChI=1S/C24H40O7/c1-5-9-13-14-18-20(31-24(26)27)19(25)22(29-16-11-7-3)23(30-17-12-8-4)21(18)28-15-10-6-2/h25H,5-17H2,1-4H3,(H,26,27). The Kier molecular flexibility index (Phi) is 13.3. The molecule has 178 valence electrons. The number of benzene rings is 1. The van der Waals surface area contributed by atoms with E-state index in [0.29, 0.717) is 43.3 Å². The summed E-state index contributed by atoms with van der Waals surface area (Å²) in [6.45, 7) is 9.53. The predicted octanol–water partition coefficient (Wildman–Crippen LogP) is 6.72. The fraction of sp³-hybridized carbons (Fsp3) is 0.708. The van der Waals surface area contributed by atoms with Crippen LogP contribution in [0, 0.1) is 0 Å². The van der Waals surface area contributed by atoms with E-state index in [0.717, 1.165) is 57.8 Å². The number of phenolic OH excluding ortho intramolecular Hbond substituents is 1. The van der Waals surface area contributed by atoms with Crippen LogP contribution in [0.5, 0.6) is 28.7 Å². The first-order chi connectivity index (χ1) is 15.0. The lowest BCUT2D eigenvalue weighted by Gasteiger charge is -2.23. The zero-order valence-electron chi connectivity index (χ0n) is 19.6. The van der Waals surface area contributed by atoms with E-state index in [1.165, 1.54) is 0 Å². The summed E-state index contributed by atoms with van der Waals surface area (Å²) in [5.41, 5.74) is 0.513. The van der Waals surface area contributed by atoms with E-state index < -0.39 is 6.16 Å². The molecular weight excluding hydrogens is 400 g/mol. The van der Waals surface area contributed by atoms with Crippen molar-refractivity contribution in [2.24, 2.45) is 0 Å². The van der Waals surface area contributed by atoms with E-state index in [2.05, 4.69) is 20.8 Å². The molecule has 0 radical (unpaired) electrons. The number of hydrogen-bond donors (Lipinski definition) is 2. The van der Waals surface area contributed by atoms with Crippen LogP contribution in [0.15, 0.2) is 0 Å². The second-order valence-electron chi connectivity index (χ2n) is 7.57. The highest BCUT2D eigenvalue weighted by Gasteiger charge is 2.30. The lowest BCUT2D eigenvalue weighted by molar-refractivity contribution is 0.141. The van der Waals surface area contributed by atoms with Gasteiger partial charge in [-0.2, -0.15) is 0 Å². The second-order valence-corrected chi connectivity index (χ2v) is 7.57. The van der Waals surface area contributed by atoms with Gasteiger partial charge in [0.1, 0.15) is 0 Å². The van der Waals surface area contributed by atoms with Crippen molar-refractivity contribution in [1.82, 2.24) is 0 Å². The zero-order chi connectivity index (χ0) is 23.1. The molecule has 31 heavy (non-hydrogen) atoms. The van der Waals surface area contributed by atoms with Crippen molar-refractivity contribution in [3.8, 4) is 28.7 Å². The Morgan fingerprint density at radius 1 is 0.677 bits per heavy atom. The van der Waals surface area contributed by atoms with Gasteiger partial charge in [0.05, 0.1) is 19.8 Å². The number of carbonyl (C=O) groups is 1. The number of unbranched alkanes of at least 4 members (excludes halogenated alkanes) is 5. The van der Waals surface area contributed by atoms with Crippen LogP contribution in [0.25, 0.3) is 0 Å². The molecule has 1 aromatic carbocycles. The highest BCUT2D eigenvalue weighted by Crippen LogP contribution is 2.54. The van der Waals surface area contributed by atoms with Gasteiger partial charge in [0.15, 0.2) is 11.5 Å². The first kappa shape index (κ1) is 26.7. The van der Waals surface area contributed by atoms with Crippen molar-refractivity contribution < 1.29 is 34.0 Å². The summed E-state index contributed by atoms with van der Waals surface area (Å²) in [5, 5.41) is 20.3. The molecular formula is C24H40O7. The molecule has 0 spiro atoms. The van der Waals surface area contributed by atoms with Crippen LogP contribution < -0.4 is 18.9 Å². The maximum absolute atomic E-state index is 11.4. The van der Waals surface area contributed by atoms with Gasteiger partial charge in [0.2, 0.25) is 17.2 Å². The molecule has 7 nitrogen and oxygen atoms in total. The van der Waals surface area contributed by atoms with Crippen LogP contribution in [-0.4, -0.2) is 36.2 Å². The summed E-state index contributed by atoms with van der Waals surface area (Å²) in [5.74, 6) is 0.374. The van der Waals surface area contributed by atoms with E-state index in [4.69, 9.17) is 18.9 Å². The Morgan fingerprint density at radius 2 is 1.16 bits per heavy atom. The van der Waals surface area contributed by atoms with Gasteiger partial charge in [0.25, 0.3) is 0 Å². The number of aromatic hydroxyl groups is 1. The van der Waals surface area contributed by atoms with Crippen LogP contribution in [0.1, 0.15) is 91.0 Å². The van der Waals surface area contributed by atoms with Crippen LogP contribution >= 0.6 is 0 Å². The first-order valence-corrected chi connectivity index (χ1v) is 11.7. The summed E-state index contributed by atoms with van der Waals surface area (Å²) in [6, 6.07) is 0. The lowest BCUT2D eigenvalue weighted by Crippen LogP contribution is -2.12. The van der Waals surface area contributed by atoms with Crippen molar-refractivity contribution >= 4 is 6.16 Å². The molecule has 0 bridgehead atoms. The van der Waals surface area contributed by atoms with E-state index in [1.807, 2.05) is 6.92 Å². The minimum Gasteiger partial charge on any atom is -0.502 e. The summed E-state index contributed by atoms with van der Waals surface area (Å²) < 4.78 is 23.0. The smallest absolute Gasteiger partial charge is 0.502 e. The van der Waals surface area contributed by atoms with Crippen molar-refractivity contribution in [2.45, 2.75) is 91.9 Å². The normalized spacial score (nSPS) is 10.7. The Bertz CT molecular complexity index is 658. The molecule has 0 aromatic heterocycles. The molecule has 1 rings (SSSR count). The van der Waals surface area contributed by atoms with Gasteiger partial charge in [-0.05, 0) is 32.1 Å². The summed E-state index contributed by atoms with van der Waals surface area (Å²) in [4.78, 5) is 11.4. The molecule has 0 heterocycles. The summed E-state index contributed by atoms with van der Waals surface area (Å²) in [7, 11) is 0. The highest BCUT2D eigenvalue weighted by atomic mass is 16.7. The van der Waals surface area contributed by atoms with Crippen molar-refractivity contribution in [3.05, 3.63) is 5.56 Å². The minimum absolute atomic E-state index is 0.0894. The molecule has 1 aromatic rings. The molecule has 2 N–H and O–H groups in total. The van der Waals surface area contributed by atoms with E-state index in [9.17, 15) is 15.0 Å². The van der Waals surface area contributed by atoms with Crippen molar-refractivity contribution in [1.29, 1.82) is 0 Å². The van der Waals surface area contributed by atoms with Gasteiger partial charge in [-0.15, -0.1) is 0 Å². The fourth-order valence-electron chi connectivity index (χ4n) is 3.05. The van der Waals surface area contributed by atoms with Crippen LogP contribution in [0.2, 0.25) is 0 Å². The monoisotopic (exact) mass is 440 g/mol. The largest absolute Gasteiger partial charge is 0.511 e. The van der Waals surface area contributed by atoms with Crippen molar-refractivity contribution in [2.75, 3.05) is 19.8 Å². The Labute approximate surface area is 186 Å². The Balaban J connectivity index is 3.58. The lowest BCUT2D eigenvalue weighted by atomic mass is 10.0. The predicted molar refractivity (Wildman–Crippen MR) is 121 cm³/mol. The zero-order valence-corrected chi connectivity index (χ0v) is 19.6. The van der Waals surface area contributed by atoms with Gasteiger partial charge < -0.3 is 29.2 Å². The van der Waals surface area contributed by atoms with Gasteiger partial charge in [-0.25, -0.2) is 4.79 Å². The van der Waals surface area contributed by atoms with Gasteiger partial charge in [0, 0.05) is 5.56 Å². The van der Waals surface area contributed by atoms with E-state index >= 15 is 0 Å². The second kappa shape index (κ2) is 15.5. The van der Waals surface area contributed by atoms with Gasteiger partial charge in [-0.1, -0.05) is 59.8 Å². The van der Waals surface area contributed by atoms with E-state index in [-0.39, 0.29) is 17.2 Å². The molecule has 0 amide bonds. The van der Waals surface area contributed by atoms with Gasteiger partial charge >= 0.3 is 6.16 Å². The first-order valence-electron chi connectivity index (χ1n) is 11.7. The highest BCUT2D eigenvalue weighted by molar-refractivity contribution is 5.73.